The second kappa shape index (κ2) is 7.61. The minimum absolute atomic E-state index is 0.0198. The van der Waals surface area contributed by atoms with Crippen molar-refractivity contribution in [1.82, 2.24) is 9.88 Å². The van der Waals surface area contributed by atoms with Crippen LogP contribution in [0.1, 0.15) is 19.2 Å². The number of carbonyl (C=O) groups is 1. The van der Waals surface area contributed by atoms with E-state index in [-0.39, 0.29) is 6.54 Å². The summed E-state index contributed by atoms with van der Waals surface area (Å²) in [4.78, 5) is 16.9. The summed E-state index contributed by atoms with van der Waals surface area (Å²) in [6.45, 7) is 3.06. The van der Waals surface area contributed by atoms with Gasteiger partial charge in [0.1, 0.15) is 5.75 Å². The van der Waals surface area contributed by atoms with E-state index in [0.29, 0.717) is 24.7 Å². The molecule has 6 heteroatoms. The number of ether oxygens (including phenoxy) is 1. The summed E-state index contributed by atoms with van der Waals surface area (Å²) in [6, 6.07) is 7.49. The summed E-state index contributed by atoms with van der Waals surface area (Å²) in [6.07, 6.45) is 2.53. The van der Waals surface area contributed by atoms with Crippen LogP contribution in [0.15, 0.2) is 34.9 Å². The molecule has 0 saturated heterocycles. The molecule has 0 aliphatic heterocycles. The van der Waals surface area contributed by atoms with Gasteiger partial charge in [-0.15, -0.1) is 0 Å². The molecule has 0 bridgehead atoms. The van der Waals surface area contributed by atoms with E-state index < -0.39 is 5.97 Å². The molecule has 1 heterocycles. The van der Waals surface area contributed by atoms with Crippen molar-refractivity contribution in [3.05, 3.63) is 36.4 Å². The average molecular weight is 304 g/mol. The highest BCUT2D eigenvalue weighted by Gasteiger charge is 2.13. The molecule has 0 radical (unpaired) electrons. The Morgan fingerprint density at radius 3 is 2.68 bits per heavy atom. The number of carboxylic acids is 1. The van der Waals surface area contributed by atoms with Crippen LogP contribution in [0, 0.1) is 0 Å². The van der Waals surface area contributed by atoms with Gasteiger partial charge in [0.15, 0.2) is 5.76 Å². The van der Waals surface area contributed by atoms with Crippen molar-refractivity contribution < 1.29 is 19.1 Å². The molecule has 2 aromatic rings. The highest BCUT2D eigenvalue weighted by atomic mass is 16.5. The van der Waals surface area contributed by atoms with Gasteiger partial charge >= 0.3 is 5.97 Å². The number of nitrogens with zero attached hydrogens (tertiary/aromatic N) is 2. The Labute approximate surface area is 129 Å². The van der Waals surface area contributed by atoms with Crippen molar-refractivity contribution in [3.63, 3.8) is 0 Å². The summed E-state index contributed by atoms with van der Waals surface area (Å²) in [5.74, 6) is 1.10. The van der Waals surface area contributed by atoms with E-state index in [9.17, 15) is 4.79 Å². The van der Waals surface area contributed by atoms with Crippen LogP contribution in [0.2, 0.25) is 0 Å². The molecule has 0 aliphatic carbocycles. The molecule has 118 valence electrons. The van der Waals surface area contributed by atoms with Crippen molar-refractivity contribution >= 4 is 5.97 Å². The number of methoxy groups -OCH3 is 1. The van der Waals surface area contributed by atoms with Crippen LogP contribution in [-0.4, -0.2) is 41.2 Å². The van der Waals surface area contributed by atoms with E-state index in [1.165, 1.54) is 0 Å². The lowest BCUT2D eigenvalue weighted by Gasteiger charge is -2.16. The van der Waals surface area contributed by atoms with Crippen LogP contribution in [0.3, 0.4) is 0 Å². The molecule has 1 N–H and O–H groups in total. The number of oxazole rings is 1. The monoisotopic (exact) mass is 304 g/mol. The van der Waals surface area contributed by atoms with Crippen molar-refractivity contribution in [1.29, 1.82) is 0 Å². The van der Waals surface area contributed by atoms with E-state index in [2.05, 4.69) is 4.98 Å². The van der Waals surface area contributed by atoms with Crippen molar-refractivity contribution in [3.8, 4) is 17.1 Å². The van der Waals surface area contributed by atoms with Gasteiger partial charge in [-0.25, -0.2) is 4.98 Å². The fraction of sp³-hybridized carbons (Fsp3) is 0.375. The van der Waals surface area contributed by atoms with Gasteiger partial charge in [-0.05, 0) is 37.2 Å². The maximum Gasteiger partial charge on any atom is 0.317 e. The molecule has 1 aromatic heterocycles. The molecule has 1 aromatic carbocycles. The van der Waals surface area contributed by atoms with E-state index in [4.69, 9.17) is 14.3 Å². The third kappa shape index (κ3) is 4.33. The van der Waals surface area contributed by atoms with E-state index in [1.807, 2.05) is 31.2 Å². The third-order valence-electron chi connectivity index (χ3n) is 3.19. The Kier molecular flexibility index (Phi) is 5.55. The van der Waals surface area contributed by atoms with Crippen LogP contribution in [0.4, 0.5) is 0 Å². The first kappa shape index (κ1) is 16.0. The van der Waals surface area contributed by atoms with Crippen LogP contribution < -0.4 is 4.74 Å². The van der Waals surface area contributed by atoms with Gasteiger partial charge in [-0.2, -0.15) is 0 Å². The topological polar surface area (TPSA) is 75.8 Å². The number of carboxylic acid groups (broad SMARTS) is 1. The zero-order valence-electron chi connectivity index (χ0n) is 12.8. The molecule has 0 spiro atoms. The second-order valence-corrected chi connectivity index (χ2v) is 4.95. The number of hydrogen-bond acceptors (Lipinski definition) is 5. The van der Waals surface area contributed by atoms with Crippen molar-refractivity contribution in [2.24, 2.45) is 0 Å². The average Bonchev–Trinajstić information content (AvgIpc) is 2.95. The van der Waals surface area contributed by atoms with Crippen LogP contribution in [-0.2, 0) is 11.3 Å². The molecule has 0 atom stereocenters. The van der Waals surface area contributed by atoms with Gasteiger partial charge in [0.05, 0.1) is 26.4 Å². The van der Waals surface area contributed by atoms with Crippen LogP contribution in [0.5, 0.6) is 5.75 Å². The Morgan fingerprint density at radius 1 is 1.36 bits per heavy atom. The van der Waals surface area contributed by atoms with E-state index in [0.717, 1.165) is 17.7 Å². The lowest BCUT2D eigenvalue weighted by Crippen LogP contribution is -2.30. The van der Waals surface area contributed by atoms with E-state index in [1.54, 1.807) is 18.2 Å². The van der Waals surface area contributed by atoms with Crippen molar-refractivity contribution in [2.75, 3.05) is 20.2 Å². The fourth-order valence-electron chi connectivity index (χ4n) is 2.18. The van der Waals surface area contributed by atoms with Gasteiger partial charge < -0.3 is 14.3 Å². The molecular weight excluding hydrogens is 284 g/mol. The van der Waals surface area contributed by atoms with Gasteiger partial charge in [-0.1, -0.05) is 6.92 Å². The van der Waals surface area contributed by atoms with Crippen LogP contribution in [0.25, 0.3) is 11.3 Å². The SMILES string of the molecule is CCCN(CC(=O)O)Cc1ncc(-c2ccc(OC)cc2)o1. The molecule has 0 unspecified atom stereocenters. The Bertz CT molecular complexity index is 607. The number of hydrogen-bond donors (Lipinski definition) is 1. The molecule has 0 saturated carbocycles. The highest BCUT2D eigenvalue weighted by molar-refractivity contribution is 5.69. The van der Waals surface area contributed by atoms with E-state index >= 15 is 0 Å². The minimum atomic E-state index is -0.851. The summed E-state index contributed by atoms with van der Waals surface area (Å²) in [5.41, 5.74) is 0.903. The molecular formula is C16H20N2O4. The number of rotatable bonds is 8. The first-order valence-corrected chi connectivity index (χ1v) is 7.15. The quantitative estimate of drug-likeness (QED) is 0.808. The molecule has 0 amide bonds. The zero-order chi connectivity index (χ0) is 15.9. The van der Waals surface area contributed by atoms with Crippen LogP contribution >= 0.6 is 0 Å². The second-order valence-electron chi connectivity index (χ2n) is 4.95. The van der Waals surface area contributed by atoms with Gasteiger partial charge in [0.25, 0.3) is 0 Å². The summed E-state index contributed by atoms with van der Waals surface area (Å²) >= 11 is 0. The predicted molar refractivity (Wildman–Crippen MR) is 81.7 cm³/mol. The molecule has 0 aliphatic rings. The smallest absolute Gasteiger partial charge is 0.317 e. The minimum Gasteiger partial charge on any atom is -0.497 e. The Balaban J connectivity index is 2.07. The maximum absolute atomic E-state index is 10.9. The molecule has 0 fully saturated rings. The molecule has 6 nitrogen and oxygen atoms in total. The molecule has 22 heavy (non-hydrogen) atoms. The summed E-state index contributed by atoms with van der Waals surface area (Å²) in [7, 11) is 1.62. The predicted octanol–water partition coefficient (Wildman–Crippen LogP) is 2.65. The highest BCUT2D eigenvalue weighted by Crippen LogP contribution is 2.23. The summed E-state index contributed by atoms with van der Waals surface area (Å²) < 4.78 is 10.8. The maximum atomic E-state index is 10.9. The lowest BCUT2D eigenvalue weighted by molar-refractivity contribution is -0.138. The lowest BCUT2D eigenvalue weighted by atomic mass is 10.2. The fourth-order valence-corrected chi connectivity index (χ4v) is 2.18. The van der Waals surface area contributed by atoms with Gasteiger partial charge in [-0.3, -0.25) is 9.69 Å². The zero-order valence-corrected chi connectivity index (χ0v) is 12.8. The Hall–Kier alpha value is -2.34. The number of aliphatic carboxylic acids is 1. The summed E-state index contributed by atoms with van der Waals surface area (Å²) in [5, 5.41) is 8.92. The van der Waals surface area contributed by atoms with Gasteiger partial charge in [0.2, 0.25) is 5.89 Å². The first-order valence-electron chi connectivity index (χ1n) is 7.15. The molecule has 2 rings (SSSR count). The van der Waals surface area contributed by atoms with Gasteiger partial charge in [0, 0.05) is 5.56 Å². The number of aromatic nitrogens is 1. The largest absolute Gasteiger partial charge is 0.497 e. The standard InChI is InChI=1S/C16H20N2O4/c1-3-8-18(11-16(19)20)10-15-17-9-14(22-15)12-4-6-13(21-2)7-5-12/h4-7,9H,3,8,10-11H2,1-2H3,(H,19,20). The number of benzene rings is 1. The first-order chi connectivity index (χ1) is 10.6. The third-order valence-corrected chi connectivity index (χ3v) is 3.19. The van der Waals surface area contributed by atoms with Crippen molar-refractivity contribution in [2.45, 2.75) is 19.9 Å². The Morgan fingerprint density at radius 2 is 2.09 bits per heavy atom. The normalized spacial score (nSPS) is 10.9.